The summed E-state index contributed by atoms with van der Waals surface area (Å²) in [5.41, 5.74) is 1.50. The van der Waals surface area contributed by atoms with E-state index in [1.807, 2.05) is 20.8 Å². The predicted molar refractivity (Wildman–Crippen MR) is 81.7 cm³/mol. The van der Waals surface area contributed by atoms with Gasteiger partial charge in [-0.1, -0.05) is 32.9 Å². The lowest BCUT2D eigenvalue weighted by molar-refractivity contribution is -0.130. The van der Waals surface area contributed by atoms with Gasteiger partial charge in [-0.2, -0.15) is 0 Å². The van der Waals surface area contributed by atoms with Crippen LogP contribution in [0.3, 0.4) is 0 Å². The smallest absolute Gasteiger partial charge is 0.363 e. The monoisotopic (exact) mass is 286 g/mol. The molecule has 0 aromatic heterocycles. The van der Waals surface area contributed by atoms with Crippen molar-refractivity contribution >= 4 is 29.5 Å². The van der Waals surface area contributed by atoms with Crippen molar-refractivity contribution in [2.45, 2.75) is 27.7 Å². The minimum atomic E-state index is -0.439. The Morgan fingerprint density at radius 1 is 1.24 bits per heavy atom. The number of ether oxygens (including phenoxy) is 1. The maximum absolute atomic E-state index is 11.8. The molecule has 1 aromatic carbocycles. The first-order valence-corrected chi connectivity index (χ1v) is 6.66. The van der Waals surface area contributed by atoms with Gasteiger partial charge in [0.15, 0.2) is 5.70 Å². The Hall–Kier alpha value is -2.43. The van der Waals surface area contributed by atoms with Crippen molar-refractivity contribution in [3.63, 3.8) is 0 Å². The van der Waals surface area contributed by atoms with Crippen LogP contribution in [0, 0.1) is 5.41 Å². The molecule has 1 heterocycles. The maximum Gasteiger partial charge on any atom is 0.363 e. The van der Waals surface area contributed by atoms with Crippen molar-refractivity contribution in [3.8, 4) is 0 Å². The molecule has 0 spiro atoms. The Bertz CT molecular complexity index is 634. The molecule has 1 N–H and O–H groups in total. The van der Waals surface area contributed by atoms with Gasteiger partial charge >= 0.3 is 5.97 Å². The molecule has 1 aliphatic rings. The van der Waals surface area contributed by atoms with Crippen LogP contribution >= 0.6 is 0 Å². The molecule has 1 aliphatic heterocycles. The SMILES string of the molecule is CC(=O)Nc1ccc(/C=C2/N=C(C(C)(C)C)OC2=O)cc1. The number of hydrogen-bond acceptors (Lipinski definition) is 4. The van der Waals surface area contributed by atoms with E-state index in [9.17, 15) is 9.59 Å². The highest BCUT2D eigenvalue weighted by Crippen LogP contribution is 2.25. The second-order valence-corrected chi connectivity index (χ2v) is 5.89. The Morgan fingerprint density at radius 3 is 2.33 bits per heavy atom. The Balaban J connectivity index is 2.22. The second kappa shape index (κ2) is 5.52. The third-order valence-electron chi connectivity index (χ3n) is 2.80. The summed E-state index contributed by atoms with van der Waals surface area (Å²) in [6, 6.07) is 7.14. The highest BCUT2D eigenvalue weighted by Gasteiger charge is 2.31. The summed E-state index contributed by atoms with van der Waals surface area (Å²) in [4.78, 5) is 27.0. The summed E-state index contributed by atoms with van der Waals surface area (Å²) < 4.78 is 5.17. The van der Waals surface area contributed by atoms with Crippen molar-refractivity contribution in [2.24, 2.45) is 10.4 Å². The first-order valence-electron chi connectivity index (χ1n) is 6.66. The van der Waals surface area contributed by atoms with Gasteiger partial charge in [-0.05, 0) is 23.8 Å². The quantitative estimate of drug-likeness (QED) is 0.671. The molecule has 1 amide bonds. The highest BCUT2D eigenvalue weighted by atomic mass is 16.6. The van der Waals surface area contributed by atoms with E-state index in [4.69, 9.17) is 4.74 Å². The van der Waals surface area contributed by atoms with Crippen LogP contribution in [0.5, 0.6) is 0 Å². The number of hydrogen-bond donors (Lipinski definition) is 1. The molecule has 0 aliphatic carbocycles. The number of nitrogens with one attached hydrogen (secondary N) is 1. The highest BCUT2D eigenvalue weighted by molar-refractivity contribution is 6.08. The van der Waals surface area contributed by atoms with Crippen LogP contribution in [0.15, 0.2) is 35.0 Å². The van der Waals surface area contributed by atoms with E-state index in [-0.39, 0.29) is 17.0 Å². The minimum absolute atomic E-state index is 0.125. The summed E-state index contributed by atoms with van der Waals surface area (Å²) >= 11 is 0. The Labute approximate surface area is 123 Å². The van der Waals surface area contributed by atoms with E-state index in [0.717, 1.165) is 5.56 Å². The maximum atomic E-state index is 11.8. The van der Waals surface area contributed by atoms with Gasteiger partial charge in [-0.25, -0.2) is 9.79 Å². The van der Waals surface area contributed by atoms with Crippen molar-refractivity contribution in [2.75, 3.05) is 5.32 Å². The third-order valence-corrected chi connectivity index (χ3v) is 2.80. The molecular formula is C16H18N2O3. The molecule has 5 nitrogen and oxygen atoms in total. The molecule has 0 saturated carbocycles. The van der Waals surface area contributed by atoms with E-state index < -0.39 is 5.97 Å². The number of carbonyl (C=O) groups is 2. The molecule has 5 heteroatoms. The van der Waals surface area contributed by atoms with Crippen LogP contribution in [0.2, 0.25) is 0 Å². The summed E-state index contributed by atoms with van der Waals surface area (Å²) in [6.07, 6.45) is 1.67. The number of esters is 1. The predicted octanol–water partition coefficient (Wildman–Crippen LogP) is 2.99. The van der Waals surface area contributed by atoms with E-state index in [1.165, 1.54) is 6.92 Å². The number of cyclic esters (lactones) is 1. The number of rotatable bonds is 2. The van der Waals surface area contributed by atoms with Gasteiger partial charge < -0.3 is 10.1 Å². The largest absolute Gasteiger partial charge is 0.406 e. The van der Waals surface area contributed by atoms with Crippen molar-refractivity contribution in [1.29, 1.82) is 0 Å². The van der Waals surface area contributed by atoms with Crippen molar-refractivity contribution in [1.82, 2.24) is 0 Å². The van der Waals surface area contributed by atoms with Crippen molar-refractivity contribution < 1.29 is 14.3 Å². The molecule has 0 bridgehead atoms. The minimum Gasteiger partial charge on any atom is -0.406 e. The third kappa shape index (κ3) is 3.78. The number of nitrogens with zero attached hydrogens (tertiary/aromatic N) is 1. The number of benzene rings is 1. The van der Waals surface area contributed by atoms with Crippen LogP contribution in [0.25, 0.3) is 6.08 Å². The zero-order valence-electron chi connectivity index (χ0n) is 12.6. The van der Waals surface area contributed by atoms with Gasteiger partial charge in [0.25, 0.3) is 0 Å². The summed E-state index contributed by atoms with van der Waals surface area (Å²) in [5, 5.41) is 2.68. The zero-order valence-corrected chi connectivity index (χ0v) is 12.6. The lowest BCUT2D eigenvalue weighted by Gasteiger charge is -2.15. The molecule has 0 atom stereocenters. The molecule has 1 aromatic rings. The number of carbonyl (C=O) groups excluding carboxylic acids is 2. The fourth-order valence-electron chi connectivity index (χ4n) is 1.75. The molecule has 0 fully saturated rings. The van der Waals surface area contributed by atoms with Gasteiger partial charge in [0.05, 0.1) is 0 Å². The molecular weight excluding hydrogens is 268 g/mol. The van der Waals surface area contributed by atoms with Gasteiger partial charge in [-0.3, -0.25) is 4.79 Å². The average Bonchev–Trinajstić information content (AvgIpc) is 2.73. The Kier molecular flexibility index (Phi) is 3.93. The fourth-order valence-corrected chi connectivity index (χ4v) is 1.75. The lowest BCUT2D eigenvalue weighted by atomic mass is 9.97. The van der Waals surface area contributed by atoms with Crippen molar-refractivity contribution in [3.05, 3.63) is 35.5 Å². The molecule has 0 radical (unpaired) electrons. The van der Waals surface area contributed by atoms with Crippen LogP contribution in [-0.4, -0.2) is 17.8 Å². The first kappa shape index (κ1) is 15.0. The molecule has 2 rings (SSSR count). The van der Waals surface area contributed by atoms with E-state index in [0.29, 0.717) is 11.6 Å². The van der Waals surface area contributed by atoms with Gasteiger partial charge in [0, 0.05) is 18.0 Å². The van der Waals surface area contributed by atoms with Crippen LogP contribution < -0.4 is 5.32 Å². The van der Waals surface area contributed by atoms with Gasteiger partial charge in [0.1, 0.15) is 0 Å². The first-order chi connectivity index (χ1) is 9.75. The number of aliphatic imine (C=N–C) groups is 1. The molecule has 0 unspecified atom stereocenters. The standard InChI is InChI=1S/C16H18N2O3/c1-10(19)17-12-7-5-11(6-8-12)9-13-14(20)21-15(18-13)16(2,3)4/h5-9H,1-4H3,(H,17,19)/b13-9+. The topological polar surface area (TPSA) is 67.8 Å². The normalized spacial score (nSPS) is 16.7. The lowest BCUT2D eigenvalue weighted by Crippen LogP contribution is -2.21. The summed E-state index contributed by atoms with van der Waals surface area (Å²) in [5.74, 6) is -0.139. The van der Waals surface area contributed by atoms with E-state index in [2.05, 4.69) is 10.3 Å². The molecule has 21 heavy (non-hydrogen) atoms. The average molecular weight is 286 g/mol. The molecule has 0 saturated heterocycles. The zero-order chi connectivity index (χ0) is 15.6. The number of anilines is 1. The van der Waals surface area contributed by atoms with Crippen LogP contribution in [0.4, 0.5) is 5.69 Å². The summed E-state index contributed by atoms with van der Waals surface area (Å²) in [6.45, 7) is 7.26. The number of amides is 1. The van der Waals surface area contributed by atoms with E-state index >= 15 is 0 Å². The Morgan fingerprint density at radius 2 is 1.86 bits per heavy atom. The molecule has 110 valence electrons. The van der Waals surface area contributed by atoms with E-state index in [1.54, 1.807) is 30.3 Å². The van der Waals surface area contributed by atoms with Gasteiger partial charge in [-0.15, -0.1) is 0 Å². The summed E-state index contributed by atoms with van der Waals surface area (Å²) in [7, 11) is 0. The second-order valence-electron chi connectivity index (χ2n) is 5.89. The van der Waals surface area contributed by atoms with Crippen LogP contribution in [-0.2, 0) is 14.3 Å². The fraction of sp³-hybridized carbons (Fsp3) is 0.312. The van der Waals surface area contributed by atoms with Gasteiger partial charge in [0.2, 0.25) is 11.8 Å². The van der Waals surface area contributed by atoms with Crippen LogP contribution in [0.1, 0.15) is 33.3 Å².